The van der Waals surface area contributed by atoms with Gasteiger partial charge in [0.1, 0.15) is 18.1 Å². The molecule has 8 nitrogen and oxygen atoms in total. The highest BCUT2D eigenvalue weighted by atomic mass is 32.1. The molecule has 0 N–H and O–H groups in total. The highest BCUT2D eigenvalue weighted by molar-refractivity contribution is 7.18. The van der Waals surface area contributed by atoms with Gasteiger partial charge in [-0.2, -0.15) is 0 Å². The number of ether oxygens (including phenoxy) is 1. The Morgan fingerprint density at radius 2 is 1.92 bits per heavy atom. The molecule has 0 atom stereocenters. The van der Waals surface area contributed by atoms with Crippen LogP contribution < -0.4 is 4.90 Å². The molecule has 9 heteroatoms. The molecule has 3 aromatic heterocycles. The first-order valence-electron chi connectivity index (χ1n) is 8.17. The van der Waals surface area contributed by atoms with Crippen molar-refractivity contribution in [3.05, 3.63) is 35.7 Å². The Hall–Kier alpha value is -2.39. The zero-order valence-corrected chi connectivity index (χ0v) is 15.0. The molecule has 1 aliphatic rings. The topological polar surface area (TPSA) is 81.9 Å². The number of thiazole rings is 1. The van der Waals surface area contributed by atoms with Crippen molar-refractivity contribution in [3.63, 3.8) is 0 Å². The molecule has 130 valence electrons. The fraction of sp³-hybridized carbons (Fsp3) is 0.438. The number of rotatable bonds is 4. The minimum absolute atomic E-state index is 0.505. The van der Waals surface area contributed by atoms with Gasteiger partial charge in [0.15, 0.2) is 5.13 Å². The van der Waals surface area contributed by atoms with Crippen molar-refractivity contribution < 1.29 is 4.74 Å². The molecule has 0 unspecified atom stereocenters. The fourth-order valence-electron chi connectivity index (χ4n) is 2.79. The SMILES string of the molecule is Cc1cc(C)nc(Cn2cc(-c3cnc(N4CCOCC4)s3)nn2)n1. The standard InChI is InChI=1S/C16H19N7OS/c1-11-7-12(2)19-15(18-11)10-23-9-13(20-21-23)14-8-17-16(25-14)22-3-5-24-6-4-22/h7-9H,3-6,10H2,1-2H3. The van der Waals surface area contributed by atoms with Gasteiger partial charge in [-0.05, 0) is 19.9 Å². The van der Waals surface area contributed by atoms with Crippen molar-refractivity contribution in [2.75, 3.05) is 31.2 Å². The van der Waals surface area contributed by atoms with E-state index in [2.05, 4.69) is 30.2 Å². The lowest BCUT2D eigenvalue weighted by atomic mass is 10.3. The Morgan fingerprint density at radius 1 is 1.16 bits per heavy atom. The summed E-state index contributed by atoms with van der Waals surface area (Å²) >= 11 is 1.63. The smallest absolute Gasteiger partial charge is 0.186 e. The Balaban J connectivity index is 1.50. The number of hydrogen-bond donors (Lipinski definition) is 0. The Morgan fingerprint density at radius 3 is 2.68 bits per heavy atom. The van der Waals surface area contributed by atoms with E-state index in [0.29, 0.717) is 6.54 Å². The van der Waals surface area contributed by atoms with Gasteiger partial charge in [0.25, 0.3) is 0 Å². The van der Waals surface area contributed by atoms with E-state index in [-0.39, 0.29) is 0 Å². The van der Waals surface area contributed by atoms with Gasteiger partial charge in [-0.3, -0.25) is 0 Å². The van der Waals surface area contributed by atoms with Crippen molar-refractivity contribution in [1.82, 2.24) is 29.9 Å². The maximum Gasteiger partial charge on any atom is 0.186 e. The van der Waals surface area contributed by atoms with Gasteiger partial charge in [-0.25, -0.2) is 19.6 Å². The molecule has 0 aliphatic carbocycles. The first kappa shape index (κ1) is 16.1. The van der Waals surface area contributed by atoms with Crippen molar-refractivity contribution in [2.45, 2.75) is 20.4 Å². The van der Waals surface area contributed by atoms with Crippen LogP contribution in [0, 0.1) is 13.8 Å². The van der Waals surface area contributed by atoms with Crippen LogP contribution in [-0.2, 0) is 11.3 Å². The van der Waals surface area contributed by atoms with Gasteiger partial charge in [0.05, 0.1) is 24.3 Å². The lowest BCUT2D eigenvalue weighted by Crippen LogP contribution is -2.36. The van der Waals surface area contributed by atoms with Crippen molar-refractivity contribution in [3.8, 4) is 10.6 Å². The summed E-state index contributed by atoms with van der Waals surface area (Å²) in [5, 5.41) is 9.48. The second-order valence-electron chi connectivity index (χ2n) is 5.97. The maximum atomic E-state index is 5.39. The lowest BCUT2D eigenvalue weighted by Gasteiger charge is -2.25. The van der Waals surface area contributed by atoms with Crippen LogP contribution in [0.1, 0.15) is 17.2 Å². The molecule has 1 fully saturated rings. The summed E-state index contributed by atoms with van der Waals surface area (Å²) in [5.74, 6) is 0.743. The summed E-state index contributed by atoms with van der Waals surface area (Å²) in [5.41, 5.74) is 2.74. The second-order valence-corrected chi connectivity index (χ2v) is 6.98. The zero-order valence-electron chi connectivity index (χ0n) is 14.2. The van der Waals surface area contributed by atoms with Crippen molar-refractivity contribution in [2.24, 2.45) is 0 Å². The van der Waals surface area contributed by atoms with E-state index in [9.17, 15) is 0 Å². The highest BCUT2D eigenvalue weighted by Gasteiger charge is 2.16. The first-order chi connectivity index (χ1) is 12.2. The summed E-state index contributed by atoms with van der Waals surface area (Å²) in [6, 6.07) is 1.96. The fourth-order valence-corrected chi connectivity index (χ4v) is 3.70. The van der Waals surface area contributed by atoms with Gasteiger partial charge in [-0.1, -0.05) is 16.6 Å². The molecule has 4 heterocycles. The Bertz CT molecular complexity index is 849. The summed E-state index contributed by atoms with van der Waals surface area (Å²) in [6.07, 6.45) is 3.77. The van der Waals surface area contributed by atoms with Crippen LogP contribution in [0.2, 0.25) is 0 Å². The van der Waals surface area contributed by atoms with Gasteiger partial charge in [0, 0.05) is 30.7 Å². The van der Waals surface area contributed by atoms with E-state index >= 15 is 0 Å². The van der Waals surface area contributed by atoms with E-state index in [4.69, 9.17) is 4.74 Å². The molecule has 3 aromatic rings. The van der Waals surface area contributed by atoms with Crippen LogP contribution >= 0.6 is 11.3 Å². The number of hydrogen-bond acceptors (Lipinski definition) is 8. The van der Waals surface area contributed by atoms with E-state index in [0.717, 1.165) is 59.2 Å². The van der Waals surface area contributed by atoms with E-state index in [1.807, 2.05) is 32.3 Å². The maximum absolute atomic E-state index is 5.39. The van der Waals surface area contributed by atoms with Crippen LogP contribution in [0.3, 0.4) is 0 Å². The molecule has 0 aromatic carbocycles. The zero-order chi connectivity index (χ0) is 17.2. The number of aromatic nitrogens is 6. The summed E-state index contributed by atoms with van der Waals surface area (Å²) in [4.78, 5) is 16.7. The predicted molar refractivity (Wildman–Crippen MR) is 94.8 cm³/mol. The number of morpholine rings is 1. The largest absolute Gasteiger partial charge is 0.378 e. The third-order valence-corrected chi connectivity index (χ3v) is 4.98. The number of aryl methyl sites for hydroxylation is 2. The summed E-state index contributed by atoms with van der Waals surface area (Å²) in [6.45, 7) is 7.70. The van der Waals surface area contributed by atoms with Gasteiger partial charge in [-0.15, -0.1) is 5.10 Å². The van der Waals surface area contributed by atoms with E-state index in [1.165, 1.54) is 0 Å². The number of nitrogens with zero attached hydrogens (tertiary/aromatic N) is 7. The molecule has 0 spiro atoms. The molecule has 1 saturated heterocycles. The highest BCUT2D eigenvalue weighted by Crippen LogP contribution is 2.30. The Labute approximate surface area is 149 Å². The van der Waals surface area contributed by atoms with Crippen LogP contribution in [0.15, 0.2) is 18.5 Å². The molecule has 0 saturated carbocycles. The average Bonchev–Trinajstić information content (AvgIpc) is 3.24. The van der Waals surface area contributed by atoms with Gasteiger partial charge in [0.2, 0.25) is 0 Å². The minimum atomic E-state index is 0.505. The van der Waals surface area contributed by atoms with Crippen LogP contribution in [0.25, 0.3) is 10.6 Å². The molecule has 0 amide bonds. The number of anilines is 1. The van der Waals surface area contributed by atoms with Crippen LogP contribution in [-0.4, -0.2) is 56.2 Å². The van der Waals surface area contributed by atoms with Crippen molar-refractivity contribution in [1.29, 1.82) is 0 Å². The minimum Gasteiger partial charge on any atom is -0.378 e. The molecule has 0 radical (unpaired) electrons. The van der Waals surface area contributed by atoms with Crippen LogP contribution in [0.5, 0.6) is 0 Å². The predicted octanol–water partition coefficient (Wildman–Crippen LogP) is 1.69. The quantitative estimate of drug-likeness (QED) is 0.703. The Kier molecular flexibility index (Phi) is 4.41. The third kappa shape index (κ3) is 3.67. The van der Waals surface area contributed by atoms with Crippen LogP contribution in [0.4, 0.5) is 5.13 Å². The van der Waals surface area contributed by atoms with E-state index in [1.54, 1.807) is 16.0 Å². The monoisotopic (exact) mass is 357 g/mol. The summed E-state index contributed by atoms with van der Waals surface area (Å²) in [7, 11) is 0. The molecular weight excluding hydrogens is 338 g/mol. The van der Waals surface area contributed by atoms with Gasteiger partial charge >= 0.3 is 0 Å². The lowest BCUT2D eigenvalue weighted by molar-refractivity contribution is 0.122. The molecule has 4 rings (SSSR count). The normalized spacial score (nSPS) is 14.9. The average molecular weight is 357 g/mol. The van der Waals surface area contributed by atoms with E-state index < -0.39 is 0 Å². The molecule has 0 bridgehead atoms. The van der Waals surface area contributed by atoms with Gasteiger partial charge < -0.3 is 9.64 Å². The van der Waals surface area contributed by atoms with Crippen molar-refractivity contribution >= 4 is 16.5 Å². The third-order valence-electron chi connectivity index (χ3n) is 3.90. The first-order valence-corrected chi connectivity index (χ1v) is 8.99. The second kappa shape index (κ2) is 6.85. The summed E-state index contributed by atoms with van der Waals surface area (Å²) < 4.78 is 7.15. The molecular formula is C16H19N7OS. The molecule has 1 aliphatic heterocycles. The molecule has 25 heavy (non-hydrogen) atoms.